The molecule has 0 radical (unpaired) electrons. The third-order valence-corrected chi connectivity index (χ3v) is 3.56. The zero-order valence-corrected chi connectivity index (χ0v) is 13.1. The second kappa shape index (κ2) is 6.41. The summed E-state index contributed by atoms with van der Waals surface area (Å²) in [4.78, 5) is 11.3. The van der Waals surface area contributed by atoms with E-state index in [1.54, 1.807) is 11.7 Å². The van der Waals surface area contributed by atoms with Crippen LogP contribution in [0, 0.1) is 4.77 Å². The first kappa shape index (κ1) is 14.9. The van der Waals surface area contributed by atoms with Crippen LogP contribution in [0.5, 0.6) is 0 Å². The number of nitrogens with one attached hydrogen (secondary N) is 3. The van der Waals surface area contributed by atoms with Crippen molar-refractivity contribution >= 4 is 23.9 Å². The Morgan fingerprint density at radius 2 is 1.70 bits per heavy atom. The molecule has 0 saturated carbocycles. The number of H-pyrrole nitrogens is 1. The summed E-state index contributed by atoms with van der Waals surface area (Å²) in [6.07, 6.45) is 0. The fraction of sp³-hybridized carbons (Fsp3) is 0.0667. The van der Waals surface area contributed by atoms with Gasteiger partial charge >= 0.3 is 6.03 Å². The Morgan fingerprint density at radius 1 is 1.09 bits per heavy atom. The molecule has 1 heterocycles. The summed E-state index contributed by atoms with van der Waals surface area (Å²) < 4.78 is 2.00. The molecule has 0 spiro atoms. The summed E-state index contributed by atoms with van der Waals surface area (Å²) >= 11 is 5.07. The monoisotopic (exact) mass is 326 g/mol. The fourth-order valence-corrected chi connectivity index (χ4v) is 2.30. The standard InChI is InChI=1S/C15H14N6OS/c1-16-14(22)17-12-6-2-10(3-7-12)11-4-8-13(9-5-11)21-15(23)18-19-20-21/h2-9H,1H3,(H2,16,17,22)(H,18,20,23). The van der Waals surface area contributed by atoms with E-state index in [0.29, 0.717) is 4.77 Å². The molecule has 2 aromatic carbocycles. The third kappa shape index (κ3) is 3.27. The molecule has 0 aliphatic carbocycles. The minimum atomic E-state index is -0.244. The Labute approximate surface area is 137 Å². The maximum absolute atomic E-state index is 11.3. The van der Waals surface area contributed by atoms with Crippen LogP contribution in [0.4, 0.5) is 10.5 Å². The van der Waals surface area contributed by atoms with E-state index in [-0.39, 0.29) is 6.03 Å². The molecule has 0 aliphatic rings. The van der Waals surface area contributed by atoms with Gasteiger partial charge in [-0.1, -0.05) is 34.6 Å². The highest BCUT2D eigenvalue weighted by Gasteiger charge is 2.03. The van der Waals surface area contributed by atoms with Crippen molar-refractivity contribution in [3.05, 3.63) is 53.3 Å². The number of anilines is 1. The van der Waals surface area contributed by atoms with Gasteiger partial charge in [-0.2, -0.15) is 5.21 Å². The van der Waals surface area contributed by atoms with Gasteiger partial charge in [0, 0.05) is 12.7 Å². The Morgan fingerprint density at radius 3 is 2.22 bits per heavy atom. The van der Waals surface area contributed by atoms with Crippen LogP contribution in [-0.2, 0) is 0 Å². The molecule has 23 heavy (non-hydrogen) atoms. The average molecular weight is 326 g/mol. The van der Waals surface area contributed by atoms with Crippen LogP contribution in [0.15, 0.2) is 48.5 Å². The Bertz CT molecular complexity index is 866. The van der Waals surface area contributed by atoms with E-state index < -0.39 is 0 Å². The van der Waals surface area contributed by atoms with Gasteiger partial charge < -0.3 is 10.6 Å². The maximum atomic E-state index is 11.3. The van der Waals surface area contributed by atoms with Gasteiger partial charge in [0.25, 0.3) is 0 Å². The number of aromatic nitrogens is 4. The molecule has 116 valence electrons. The van der Waals surface area contributed by atoms with Crippen molar-refractivity contribution in [1.82, 2.24) is 25.5 Å². The minimum Gasteiger partial charge on any atom is -0.341 e. The first-order chi connectivity index (χ1) is 11.2. The van der Waals surface area contributed by atoms with Crippen LogP contribution in [0.3, 0.4) is 0 Å². The first-order valence-corrected chi connectivity index (χ1v) is 7.28. The molecule has 3 aromatic rings. The second-order valence-electron chi connectivity index (χ2n) is 4.75. The van der Waals surface area contributed by atoms with Crippen molar-refractivity contribution in [1.29, 1.82) is 0 Å². The molecule has 0 aliphatic heterocycles. The number of hydrogen-bond donors (Lipinski definition) is 3. The molecule has 0 saturated heterocycles. The first-order valence-electron chi connectivity index (χ1n) is 6.87. The van der Waals surface area contributed by atoms with E-state index in [2.05, 4.69) is 26.2 Å². The lowest BCUT2D eigenvalue weighted by Gasteiger charge is -2.07. The molecule has 3 N–H and O–H groups in total. The lowest BCUT2D eigenvalue weighted by molar-refractivity contribution is 0.254. The van der Waals surface area contributed by atoms with Gasteiger partial charge in [-0.05, 0) is 47.6 Å². The van der Waals surface area contributed by atoms with E-state index in [9.17, 15) is 4.79 Å². The molecular weight excluding hydrogens is 312 g/mol. The molecule has 0 atom stereocenters. The van der Waals surface area contributed by atoms with Gasteiger partial charge in [0.15, 0.2) is 0 Å². The van der Waals surface area contributed by atoms with Crippen LogP contribution in [0.1, 0.15) is 0 Å². The molecule has 1 aromatic heterocycles. The lowest BCUT2D eigenvalue weighted by Crippen LogP contribution is -2.24. The SMILES string of the molecule is CNC(=O)Nc1ccc(-c2ccc(-n3[nH]nnc3=S)cc2)cc1. The van der Waals surface area contributed by atoms with Gasteiger partial charge in [0.05, 0.1) is 5.69 Å². The number of carbonyl (C=O) groups excluding carboxylic acids is 1. The molecule has 8 heteroatoms. The van der Waals surface area contributed by atoms with E-state index >= 15 is 0 Å². The molecule has 0 bridgehead atoms. The Kier molecular flexibility index (Phi) is 4.15. The molecule has 7 nitrogen and oxygen atoms in total. The van der Waals surface area contributed by atoms with Crippen molar-refractivity contribution in [3.8, 4) is 16.8 Å². The van der Waals surface area contributed by atoms with E-state index in [4.69, 9.17) is 12.2 Å². The molecule has 3 rings (SSSR count). The second-order valence-corrected chi connectivity index (χ2v) is 5.11. The van der Waals surface area contributed by atoms with Gasteiger partial charge in [-0.3, -0.25) is 0 Å². The number of aromatic amines is 1. The van der Waals surface area contributed by atoms with Gasteiger partial charge in [-0.15, -0.1) is 0 Å². The molecule has 0 unspecified atom stereocenters. The quantitative estimate of drug-likeness (QED) is 0.646. The van der Waals surface area contributed by atoms with E-state index in [1.807, 2.05) is 48.5 Å². The third-order valence-electron chi connectivity index (χ3n) is 3.30. The summed E-state index contributed by atoms with van der Waals surface area (Å²) in [7, 11) is 1.58. The van der Waals surface area contributed by atoms with E-state index in [1.165, 1.54) is 0 Å². The largest absolute Gasteiger partial charge is 0.341 e. The number of benzene rings is 2. The number of hydrogen-bond acceptors (Lipinski definition) is 4. The fourth-order valence-electron chi connectivity index (χ4n) is 2.11. The summed E-state index contributed by atoms with van der Waals surface area (Å²) in [5.41, 5.74) is 3.70. The topological polar surface area (TPSA) is 87.6 Å². The number of rotatable bonds is 3. The van der Waals surface area contributed by atoms with Crippen LogP contribution in [0.2, 0.25) is 0 Å². The summed E-state index contributed by atoms with van der Waals surface area (Å²) in [5, 5.41) is 15.4. The van der Waals surface area contributed by atoms with E-state index in [0.717, 1.165) is 22.5 Å². The molecular formula is C15H14N6OS. The molecule has 0 fully saturated rings. The van der Waals surface area contributed by atoms with Crippen molar-refractivity contribution in [2.75, 3.05) is 12.4 Å². The highest BCUT2D eigenvalue weighted by atomic mass is 32.1. The zero-order valence-electron chi connectivity index (χ0n) is 12.3. The minimum absolute atomic E-state index is 0.244. The van der Waals surface area contributed by atoms with Gasteiger partial charge in [0.1, 0.15) is 0 Å². The summed E-state index contributed by atoms with van der Waals surface area (Å²) in [6, 6.07) is 15.2. The number of amides is 2. The lowest BCUT2D eigenvalue weighted by atomic mass is 10.1. The maximum Gasteiger partial charge on any atom is 0.318 e. The number of tetrazole rings is 1. The van der Waals surface area contributed by atoms with Crippen molar-refractivity contribution in [2.45, 2.75) is 0 Å². The Hall–Kier alpha value is -3.00. The highest BCUT2D eigenvalue weighted by molar-refractivity contribution is 7.71. The van der Waals surface area contributed by atoms with Crippen LogP contribution >= 0.6 is 12.2 Å². The van der Waals surface area contributed by atoms with Gasteiger partial charge in [0.2, 0.25) is 4.77 Å². The van der Waals surface area contributed by atoms with Crippen molar-refractivity contribution < 1.29 is 4.79 Å². The number of nitrogens with zero attached hydrogens (tertiary/aromatic N) is 3. The highest BCUT2D eigenvalue weighted by Crippen LogP contribution is 2.22. The average Bonchev–Trinajstić information content (AvgIpc) is 3.02. The van der Waals surface area contributed by atoms with Gasteiger partial charge in [-0.25, -0.2) is 9.48 Å². The molecule has 2 amide bonds. The summed E-state index contributed by atoms with van der Waals surface area (Å²) in [6.45, 7) is 0. The number of urea groups is 1. The van der Waals surface area contributed by atoms with Crippen LogP contribution < -0.4 is 10.6 Å². The number of carbonyl (C=O) groups is 1. The van der Waals surface area contributed by atoms with Crippen LogP contribution in [0.25, 0.3) is 16.8 Å². The van der Waals surface area contributed by atoms with Crippen LogP contribution in [-0.4, -0.2) is 33.3 Å². The van der Waals surface area contributed by atoms with Crippen molar-refractivity contribution in [3.63, 3.8) is 0 Å². The summed E-state index contributed by atoms with van der Waals surface area (Å²) in [5.74, 6) is 0. The predicted molar refractivity (Wildman–Crippen MR) is 90.1 cm³/mol. The normalized spacial score (nSPS) is 10.3. The van der Waals surface area contributed by atoms with Crippen molar-refractivity contribution in [2.24, 2.45) is 0 Å². The predicted octanol–water partition coefficient (Wildman–Crippen LogP) is 2.74. The smallest absolute Gasteiger partial charge is 0.318 e. The zero-order chi connectivity index (χ0) is 16.2. The Balaban J connectivity index is 1.81.